The van der Waals surface area contributed by atoms with Gasteiger partial charge in [-0.25, -0.2) is 17.4 Å². The summed E-state index contributed by atoms with van der Waals surface area (Å²) in [6, 6.07) is 17.7. The zero-order chi connectivity index (χ0) is 24.6. The molecule has 2 fully saturated rings. The van der Waals surface area contributed by atoms with Crippen molar-refractivity contribution in [2.45, 2.75) is 31.1 Å². The number of hydrogen-bond acceptors (Lipinski definition) is 4. The first-order valence-electron chi connectivity index (χ1n) is 11.9. The minimum absolute atomic E-state index is 0.0100. The third-order valence-electron chi connectivity index (χ3n) is 7.16. The molecule has 2 aromatic carbocycles. The van der Waals surface area contributed by atoms with Gasteiger partial charge in [-0.2, -0.15) is 5.10 Å². The molecule has 0 bridgehead atoms. The van der Waals surface area contributed by atoms with Crippen molar-refractivity contribution in [2.75, 3.05) is 32.4 Å². The van der Waals surface area contributed by atoms with Crippen LogP contribution in [0.1, 0.15) is 52.7 Å². The molecule has 7 nitrogen and oxygen atoms in total. The summed E-state index contributed by atoms with van der Waals surface area (Å²) < 4.78 is 27.4. The maximum absolute atomic E-state index is 13.8. The van der Waals surface area contributed by atoms with E-state index in [0.717, 1.165) is 17.8 Å². The average molecular weight is 513 g/mol. The molecule has 2 aliphatic rings. The van der Waals surface area contributed by atoms with Gasteiger partial charge in [-0.05, 0) is 49.1 Å². The quantitative estimate of drug-likeness (QED) is 0.511. The Kier molecular flexibility index (Phi) is 6.70. The van der Waals surface area contributed by atoms with Gasteiger partial charge >= 0.3 is 0 Å². The number of amides is 1. The van der Waals surface area contributed by atoms with Gasteiger partial charge in [0.1, 0.15) is 0 Å². The van der Waals surface area contributed by atoms with Crippen molar-refractivity contribution in [3.8, 4) is 5.69 Å². The highest BCUT2D eigenvalue weighted by molar-refractivity contribution is 7.88. The molecule has 0 aliphatic carbocycles. The lowest BCUT2D eigenvalue weighted by atomic mass is 9.91. The third kappa shape index (κ3) is 5.01. The lowest BCUT2D eigenvalue weighted by molar-refractivity contribution is 0.0788. The molecular formula is C26H29ClN4O3S. The Balaban J connectivity index is 1.45. The summed E-state index contributed by atoms with van der Waals surface area (Å²) >= 11 is 6.10. The molecule has 1 amide bonds. The molecule has 0 radical (unpaired) electrons. The summed E-state index contributed by atoms with van der Waals surface area (Å²) in [5.74, 6) is 0.342. The fourth-order valence-electron chi connectivity index (χ4n) is 5.28. The maximum atomic E-state index is 13.8. The molecule has 1 aromatic heterocycles. The molecular weight excluding hydrogens is 484 g/mol. The lowest BCUT2D eigenvalue weighted by Gasteiger charge is -2.31. The average Bonchev–Trinajstić information content (AvgIpc) is 3.52. The molecule has 0 spiro atoms. The number of aromatic nitrogens is 2. The van der Waals surface area contributed by atoms with Gasteiger partial charge in [0, 0.05) is 43.0 Å². The number of rotatable bonds is 5. The van der Waals surface area contributed by atoms with E-state index < -0.39 is 10.0 Å². The van der Waals surface area contributed by atoms with Crippen molar-refractivity contribution >= 4 is 27.5 Å². The summed E-state index contributed by atoms with van der Waals surface area (Å²) in [6.45, 7) is 2.25. The van der Waals surface area contributed by atoms with Crippen molar-refractivity contribution in [3.05, 3.63) is 82.6 Å². The molecule has 1 unspecified atom stereocenters. The standard InChI is InChI=1S/C26H29ClN4O3S/c1-35(33,34)30-15-12-20(13-16-30)25-24(17-28-31(25)23-9-7-22(27)8-10-23)26(32)29-14-11-21(18-29)19-5-3-2-4-6-19/h2-10,17,20-21H,11-16,18H2,1H3. The zero-order valence-corrected chi connectivity index (χ0v) is 21.3. The van der Waals surface area contributed by atoms with Crippen molar-refractivity contribution in [3.63, 3.8) is 0 Å². The lowest BCUT2D eigenvalue weighted by Crippen LogP contribution is -2.38. The highest BCUT2D eigenvalue weighted by atomic mass is 35.5. The van der Waals surface area contributed by atoms with E-state index in [9.17, 15) is 13.2 Å². The van der Waals surface area contributed by atoms with E-state index >= 15 is 0 Å². The Morgan fingerprint density at radius 2 is 1.60 bits per heavy atom. The van der Waals surface area contributed by atoms with Crippen LogP contribution >= 0.6 is 11.6 Å². The van der Waals surface area contributed by atoms with E-state index in [2.05, 4.69) is 17.2 Å². The second-order valence-electron chi connectivity index (χ2n) is 9.42. The Labute approximate surface area is 211 Å². The number of likely N-dealkylation sites (tertiary alicyclic amines) is 1. The number of hydrogen-bond donors (Lipinski definition) is 0. The SMILES string of the molecule is CS(=O)(=O)N1CCC(c2c(C(=O)N3CCC(c4ccccc4)C3)cnn2-c2ccc(Cl)cc2)CC1. The van der Waals surface area contributed by atoms with E-state index in [1.165, 1.54) is 16.1 Å². The molecule has 0 saturated carbocycles. The zero-order valence-electron chi connectivity index (χ0n) is 19.7. The molecule has 1 atom stereocenters. The molecule has 2 saturated heterocycles. The van der Waals surface area contributed by atoms with Crippen LogP contribution in [0.4, 0.5) is 0 Å². The molecule has 3 heterocycles. The molecule has 35 heavy (non-hydrogen) atoms. The van der Waals surface area contributed by atoms with Gasteiger partial charge in [0.2, 0.25) is 10.0 Å². The minimum atomic E-state index is -3.24. The monoisotopic (exact) mass is 512 g/mol. The number of sulfonamides is 1. The van der Waals surface area contributed by atoms with Crippen LogP contribution in [0.2, 0.25) is 5.02 Å². The second-order valence-corrected chi connectivity index (χ2v) is 11.8. The van der Waals surface area contributed by atoms with E-state index in [4.69, 9.17) is 11.6 Å². The predicted molar refractivity (Wildman–Crippen MR) is 137 cm³/mol. The largest absolute Gasteiger partial charge is 0.338 e. The van der Waals surface area contributed by atoms with Gasteiger partial charge in [-0.3, -0.25) is 4.79 Å². The fourth-order valence-corrected chi connectivity index (χ4v) is 6.28. The van der Waals surface area contributed by atoms with Crippen LogP contribution in [0, 0.1) is 0 Å². The van der Waals surface area contributed by atoms with Gasteiger partial charge in [-0.1, -0.05) is 41.9 Å². The Bertz CT molecular complexity index is 1300. The second kappa shape index (κ2) is 9.76. The van der Waals surface area contributed by atoms with Gasteiger partial charge in [0.15, 0.2) is 0 Å². The third-order valence-corrected chi connectivity index (χ3v) is 8.72. The number of halogens is 1. The van der Waals surface area contributed by atoms with Crippen molar-refractivity contribution < 1.29 is 13.2 Å². The minimum Gasteiger partial charge on any atom is -0.338 e. The molecule has 5 rings (SSSR count). The number of benzene rings is 2. The van der Waals surface area contributed by atoms with Crippen LogP contribution in [-0.4, -0.2) is 65.7 Å². The molecule has 0 N–H and O–H groups in total. The highest BCUT2D eigenvalue weighted by Gasteiger charge is 2.35. The van der Waals surface area contributed by atoms with Gasteiger partial charge in [0.05, 0.1) is 29.4 Å². The van der Waals surface area contributed by atoms with E-state index in [0.29, 0.717) is 55.5 Å². The van der Waals surface area contributed by atoms with E-state index in [1.54, 1.807) is 18.3 Å². The predicted octanol–water partition coefficient (Wildman–Crippen LogP) is 4.29. The van der Waals surface area contributed by atoms with Crippen molar-refractivity contribution in [1.82, 2.24) is 19.0 Å². The van der Waals surface area contributed by atoms with Crippen LogP contribution in [0.15, 0.2) is 60.8 Å². The Morgan fingerprint density at radius 3 is 2.26 bits per heavy atom. The van der Waals surface area contributed by atoms with Crippen molar-refractivity contribution in [1.29, 1.82) is 0 Å². The molecule has 3 aromatic rings. The van der Waals surface area contributed by atoms with Crippen LogP contribution < -0.4 is 0 Å². The Morgan fingerprint density at radius 1 is 0.943 bits per heavy atom. The highest BCUT2D eigenvalue weighted by Crippen LogP contribution is 2.35. The van der Waals surface area contributed by atoms with E-state index in [-0.39, 0.29) is 11.8 Å². The fraction of sp³-hybridized carbons (Fsp3) is 0.385. The smallest absolute Gasteiger partial charge is 0.257 e. The van der Waals surface area contributed by atoms with Gasteiger partial charge in [-0.15, -0.1) is 0 Å². The number of carbonyl (C=O) groups excluding carboxylic acids is 1. The van der Waals surface area contributed by atoms with Crippen molar-refractivity contribution in [2.24, 2.45) is 0 Å². The first-order chi connectivity index (χ1) is 16.8. The van der Waals surface area contributed by atoms with Crippen LogP contribution in [-0.2, 0) is 10.0 Å². The van der Waals surface area contributed by atoms with E-state index in [1.807, 2.05) is 39.9 Å². The summed E-state index contributed by atoms with van der Waals surface area (Å²) in [5, 5.41) is 5.25. The summed E-state index contributed by atoms with van der Waals surface area (Å²) in [6.07, 6.45) is 5.13. The number of piperidine rings is 1. The van der Waals surface area contributed by atoms with Crippen LogP contribution in [0.25, 0.3) is 5.69 Å². The van der Waals surface area contributed by atoms with Gasteiger partial charge in [0.25, 0.3) is 5.91 Å². The molecule has 2 aliphatic heterocycles. The first kappa shape index (κ1) is 24.0. The maximum Gasteiger partial charge on any atom is 0.257 e. The summed E-state index contributed by atoms with van der Waals surface area (Å²) in [5.41, 5.74) is 3.55. The van der Waals surface area contributed by atoms with Gasteiger partial charge < -0.3 is 4.90 Å². The topological polar surface area (TPSA) is 75.5 Å². The Hall–Kier alpha value is -2.68. The first-order valence-corrected chi connectivity index (χ1v) is 14.2. The molecule has 9 heteroatoms. The molecule has 184 valence electrons. The van der Waals surface area contributed by atoms with Crippen LogP contribution in [0.3, 0.4) is 0 Å². The number of carbonyl (C=O) groups is 1. The normalized spacial score (nSPS) is 19.8. The van der Waals surface area contributed by atoms with Crippen LogP contribution in [0.5, 0.6) is 0 Å². The summed E-state index contributed by atoms with van der Waals surface area (Å²) in [4.78, 5) is 15.7. The number of nitrogens with zero attached hydrogens (tertiary/aromatic N) is 4. The summed E-state index contributed by atoms with van der Waals surface area (Å²) in [7, 11) is -3.24.